The van der Waals surface area contributed by atoms with Crippen molar-refractivity contribution in [2.24, 2.45) is 5.92 Å². The quantitative estimate of drug-likeness (QED) is 0.326. The molecule has 0 spiro atoms. The number of carbonyl (C=O) groups excluding carboxylic acids is 1. The summed E-state index contributed by atoms with van der Waals surface area (Å²) in [5.74, 6) is -0.746. The van der Waals surface area contributed by atoms with Gasteiger partial charge in [0.15, 0.2) is 0 Å². The highest BCUT2D eigenvalue weighted by Gasteiger charge is 2.38. The lowest BCUT2D eigenvalue weighted by Gasteiger charge is -2.46. The number of carbonyl (C=O) groups is 1. The van der Waals surface area contributed by atoms with Crippen molar-refractivity contribution in [3.8, 4) is 0 Å². The molecule has 2 rings (SSSR count). The van der Waals surface area contributed by atoms with Crippen molar-refractivity contribution >= 4 is 5.97 Å². The second-order valence-corrected chi connectivity index (χ2v) is 8.35. The number of benzene rings is 1. The zero-order chi connectivity index (χ0) is 20.5. The van der Waals surface area contributed by atoms with Crippen molar-refractivity contribution < 1.29 is 19.1 Å². The van der Waals surface area contributed by atoms with Crippen molar-refractivity contribution in [1.29, 1.82) is 0 Å². The van der Waals surface area contributed by atoms with Gasteiger partial charge >= 0.3 is 0 Å². The van der Waals surface area contributed by atoms with Crippen LogP contribution in [0.1, 0.15) is 71.3 Å². The highest BCUT2D eigenvalue weighted by molar-refractivity contribution is 5.81. The van der Waals surface area contributed by atoms with Gasteiger partial charge in [0.2, 0.25) is 0 Å². The number of ether oxygens (including phenoxy) is 1. The number of nitrogens with zero attached hydrogens (tertiary/aromatic N) is 1. The van der Waals surface area contributed by atoms with Gasteiger partial charge in [-0.25, -0.2) is 0 Å². The van der Waals surface area contributed by atoms with Crippen molar-refractivity contribution in [3.63, 3.8) is 0 Å². The van der Waals surface area contributed by atoms with E-state index in [1.165, 1.54) is 0 Å². The van der Waals surface area contributed by atoms with Crippen LogP contribution < -0.4 is 5.11 Å². The summed E-state index contributed by atoms with van der Waals surface area (Å²) < 4.78 is 6.67. The topological polar surface area (TPSA) is 49.4 Å². The first-order chi connectivity index (χ1) is 13.5. The van der Waals surface area contributed by atoms with E-state index >= 15 is 0 Å². The van der Waals surface area contributed by atoms with Gasteiger partial charge < -0.3 is 14.3 Å². The van der Waals surface area contributed by atoms with Gasteiger partial charge in [0.05, 0.1) is 32.8 Å². The summed E-state index contributed by atoms with van der Waals surface area (Å²) in [6.07, 6.45) is 6.80. The van der Waals surface area contributed by atoms with E-state index in [0.717, 1.165) is 75.6 Å². The van der Waals surface area contributed by atoms with Crippen LogP contribution in [0.5, 0.6) is 0 Å². The molecule has 4 nitrogen and oxygen atoms in total. The summed E-state index contributed by atoms with van der Waals surface area (Å²) in [6.45, 7) is 11.3. The van der Waals surface area contributed by atoms with Gasteiger partial charge in [0.25, 0.3) is 5.97 Å². The van der Waals surface area contributed by atoms with Crippen molar-refractivity contribution in [3.05, 3.63) is 35.9 Å². The van der Waals surface area contributed by atoms with Crippen LogP contribution >= 0.6 is 0 Å². The molecule has 1 aliphatic carbocycles. The van der Waals surface area contributed by atoms with E-state index in [9.17, 15) is 9.90 Å². The first-order valence-electron chi connectivity index (χ1n) is 11.3. The highest BCUT2D eigenvalue weighted by Crippen LogP contribution is 2.38. The predicted molar refractivity (Wildman–Crippen MR) is 112 cm³/mol. The van der Waals surface area contributed by atoms with E-state index in [0.29, 0.717) is 12.2 Å². The molecule has 0 amide bonds. The zero-order valence-electron chi connectivity index (χ0n) is 18.1. The predicted octanol–water partition coefficient (Wildman–Crippen LogP) is 4.02. The number of hydrogen-bond acceptors (Lipinski definition) is 3. The Hall–Kier alpha value is -1.39. The van der Waals surface area contributed by atoms with Crippen LogP contribution in [0.15, 0.2) is 30.3 Å². The number of esters is 1. The molecule has 0 radical (unpaired) electrons. The molecule has 158 valence electrons. The second-order valence-electron chi connectivity index (χ2n) is 8.35. The fourth-order valence-corrected chi connectivity index (χ4v) is 4.83. The molecule has 28 heavy (non-hydrogen) atoms. The summed E-state index contributed by atoms with van der Waals surface area (Å²) in [7, 11) is 0. The third kappa shape index (κ3) is 5.36. The van der Waals surface area contributed by atoms with Gasteiger partial charge in [-0.2, -0.15) is 0 Å². The van der Waals surface area contributed by atoms with E-state index in [2.05, 4.69) is 20.8 Å². The van der Waals surface area contributed by atoms with Gasteiger partial charge in [0, 0.05) is 12.0 Å². The molecular formula is C24H39NO3. The summed E-state index contributed by atoms with van der Waals surface area (Å²) >= 11 is 0. The first-order valence-corrected chi connectivity index (χ1v) is 11.3. The lowest BCUT2D eigenvalue weighted by Crippen LogP contribution is -2.55. The number of rotatable bonds is 11. The minimum atomic E-state index is -1.77. The molecule has 1 unspecified atom stereocenters. The maximum absolute atomic E-state index is 13.9. The average Bonchev–Trinajstić information content (AvgIpc) is 2.76. The molecule has 0 N–H and O–H groups in total. The van der Waals surface area contributed by atoms with Crippen molar-refractivity contribution in [2.75, 3.05) is 32.8 Å². The van der Waals surface area contributed by atoms with E-state index in [1.807, 2.05) is 18.2 Å². The Labute approximate surface area is 171 Å². The van der Waals surface area contributed by atoms with E-state index in [1.54, 1.807) is 12.1 Å². The number of quaternary nitrogens is 1. The normalized spacial score (nSPS) is 17.9. The molecule has 1 aromatic carbocycles. The van der Waals surface area contributed by atoms with Crippen molar-refractivity contribution in [2.45, 2.75) is 71.3 Å². The van der Waals surface area contributed by atoms with Crippen LogP contribution in [-0.2, 0) is 15.1 Å². The number of hydrogen-bond donors (Lipinski definition) is 0. The summed E-state index contributed by atoms with van der Waals surface area (Å²) in [4.78, 5) is 13.0. The summed E-state index contributed by atoms with van der Waals surface area (Å²) in [5, 5.41) is 13.9. The molecular weight excluding hydrogens is 350 g/mol. The Kier molecular flexibility index (Phi) is 8.97. The standard InChI is InChI=1S/C24H39NO3/c1-4-18-25(5-2,6-3)19-13-20-28-23(26)24(27,21-14-9-7-10-15-21)22-16-11-8-12-17-22/h7,9-10,14-15,22H,4-6,8,11-13,16-20H2,1-3H3. The Morgan fingerprint density at radius 3 is 2.29 bits per heavy atom. The monoisotopic (exact) mass is 389 g/mol. The first kappa shape index (κ1) is 22.9. The lowest BCUT2D eigenvalue weighted by molar-refractivity contribution is -0.925. The Morgan fingerprint density at radius 2 is 1.71 bits per heavy atom. The van der Waals surface area contributed by atoms with Crippen LogP contribution in [0.25, 0.3) is 0 Å². The molecule has 4 heteroatoms. The largest absolute Gasteiger partial charge is 0.837 e. The van der Waals surface area contributed by atoms with Gasteiger partial charge in [-0.05, 0) is 31.7 Å². The van der Waals surface area contributed by atoms with Gasteiger partial charge in [0.1, 0.15) is 0 Å². The fourth-order valence-electron chi connectivity index (χ4n) is 4.83. The molecule has 1 aromatic rings. The van der Waals surface area contributed by atoms with Gasteiger partial charge in [-0.3, -0.25) is 4.79 Å². The summed E-state index contributed by atoms with van der Waals surface area (Å²) in [6, 6.07) is 9.16. The molecule has 0 aliphatic heterocycles. The lowest BCUT2D eigenvalue weighted by atomic mass is 9.73. The molecule has 1 saturated carbocycles. The molecule has 0 aromatic heterocycles. The SMILES string of the molecule is CCC[N+](CC)(CC)CCCOC(=O)C([O-])(c1ccccc1)C1CCCCC1. The molecule has 0 saturated heterocycles. The molecule has 1 atom stereocenters. The van der Waals surface area contributed by atoms with E-state index in [-0.39, 0.29) is 5.92 Å². The van der Waals surface area contributed by atoms with Crippen LogP contribution in [0.2, 0.25) is 0 Å². The molecule has 1 fully saturated rings. The van der Waals surface area contributed by atoms with Crippen molar-refractivity contribution in [1.82, 2.24) is 0 Å². The maximum Gasteiger partial charge on any atom is 0.300 e. The minimum Gasteiger partial charge on any atom is -0.837 e. The maximum atomic E-state index is 13.9. The van der Waals surface area contributed by atoms with Crippen LogP contribution in [0.4, 0.5) is 0 Å². The molecule has 1 aliphatic rings. The fraction of sp³-hybridized carbons (Fsp3) is 0.708. The molecule has 0 bridgehead atoms. The Balaban J connectivity index is 2.03. The Morgan fingerprint density at radius 1 is 1.07 bits per heavy atom. The smallest absolute Gasteiger partial charge is 0.300 e. The second kappa shape index (κ2) is 11.0. The van der Waals surface area contributed by atoms with E-state index in [4.69, 9.17) is 4.74 Å². The van der Waals surface area contributed by atoms with Crippen LogP contribution in [0.3, 0.4) is 0 Å². The minimum absolute atomic E-state index is 0.169. The third-order valence-corrected chi connectivity index (χ3v) is 6.74. The third-order valence-electron chi connectivity index (χ3n) is 6.74. The summed E-state index contributed by atoms with van der Waals surface area (Å²) in [5.41, 5.74) is -1.21. The Bertz CT molecular complexity index is 579. The van der Waals surface area contributed by atoms with Gasteiger partial charge in [-0.1, -0.05) is 69.4 Å². The highest BCUT2D eigenvalue weighted by atomic mass is 16.5. The van der Waals surface area contributed by atoms with Gasteiger partial charge in [-0.15, -0.1) is 0 Å². The van der Waals surface area contributed by atoms with E-state index < -0.39 is 11.6 Å². The van der Waals surface area contributed by atoms with Crippen LogP contribution in [-0.4, -0.2) is 43.2 Å². The average molecular weight is 390 g/mol. The zero-order valence-corrected chi connectivity index (χ0v) is 18.1. The molecule has 0 heterocycles. The van der Waals surface area contributed by atoms with Crippen LogP contribution in [0, 0.1) is 5.92 Å².